The first-order valence-electron chi connectivity index (χ1n) is 11.3. The van der Waals surface area contributed by atoms with Crippen molar-refractivity contribution in [1.29, 1.82) is 0 Å². The number of ether oxygens (including phenoxy) is 2. The van der Waals surface area contributed by atoms with Crippen LogP contribution in [0.4, 0.5) is 0 Å². The van der Waals surface area contributed by atoms with E-state index >= 15 is 0 Å². The zero-order chi connectivity index (χ0) is 23.8. The van der Waals surface area contributed by atoms with Gasteiger partial charge in [0.1, 0.15) is 18.4 Å². The first-order valence-corrected chi connectivity index (χ1v) is 11.3. The van der Waals surface area contributed by atoms with Crippen molar-refractivity contribution in [1.82, 2.24) is 9.88 Å². The highest BCUT2D eigenvalue weighted by molar-refractivity contribution is 5.76. The van der Waals surface area contributed by atoms with Crippen molar-refractivity contribution in [2.24, 2.45) is 0 Å². The van der Waals surface area contributed by atoms with E-state index in [1.54, 1.807) is 6.20 Å². The number of pyridine rings is 1. The number of hydrogen-bond donors (Lipinski definition) is 1. The van der Waals surface area contributed by atoms with E-state index in [0.29, 0.717) is 38.3 Å². The predicted molar refractivity (Wildman–Crippen MR) is 129 cm³/mol. The largest absolute Gasteiger partial charge is 0.488 e. The summed E-state index contributed by atoms with van der Waals surface area (Å²) in [4.78, 5) is 19.2. The summed E-state index contributed by atoms with van der Waals surface area (Å²) in [6, 6.07) is 19.3. The fraction of sp³-hybridized carbons (Fsp3) is 0.286. The first-order chi connectivity index (χ1) is 16.7. The number of aliphatic hydroxyl groups is 1. The Morgan fingerprint density at radius 3 is 2.71 bits per heavy atom. The van der Waals surface area contributed by atoms with Gasteiger partial charge in [-0.2, -0.15) is 0 Å². The van der Waals surface area contributed by atoms with Crippen LogP contribution in [-0.2, 0) is 35.6 Å². The summed E-state index contributed by atoms with van der Waals surface area (Å²) in [5.74, 6) is 6.57. The predicted octanol–water partition coefficient (Wildman–Crippen LogP) is 3.49. The minimum absolute atomic E-state index is 0.0107. The van der Waals surface area contributed by atoms with Gasteiger partial charge in [0.05, 0.1) is 25.0 Å². The van der Waals surface area contributed by atoms with Crippen molar-refractivity contribution in [3.63, 3.8) is 0 Å². The Hall–Kier alpha value is -3.66. The summed E-state index contributed by atoms with van der Waals surface area (Å²) >= 11 is 0. The molecule has 1 atom stereocenters. The topological polar surface area (TPSA) is 71.9 Å². The number of carbonyl (C=O) groups excluding carboxylic acids is 1. The summed E-state index contributed by atoms with van der Waals surface area (Å²) in [5.41, 5.74) is 4.87. The minimum Gasteiger partial charge on any atom is -0.488 e. The van der Waals surface area contributed by atoms with Gasteiger partial charge in [-0.25, -0.2) is 0 Å². The van der Waals surface area contributed by atoms with Crippen LogP contribution < -0.4 is 4.74 Å². The van der Waals surface area contributed by atoms with E-state index in [2.05, 4.69) is 21.7 Å². The maximum absolute atomic E-state index is 12.7. The number of aromatic nitrogens is 1. The molecule has 2 aromatic carbocycles. The first kappa shape index (κ1) is 23.5. The van der Waals surface area contributed by atoms with Crippen molar-refractivity contribution in [2.75, 3.05) is 13.7 Å². The highest BCUT2D eigenvalue weighted by Crippen LogP contribution is 2.31. The lowest BCUT2D eigenvalue weighted by atomic mass is 9.91. The Labute approximate surface area is 200 Å². The number of fused-ring (bicyclic) bond motifs is 1. The third-order valence-corrected chi connectivity index (χ3v) is 5.79. The van der Waals surface area contributed by atoms with Gasteiger partial charge >= 0.3 is 5.97 Å². The molecule has 174 valence electrons. The van der Waals surface area contributed by atoms with Gasteiger partial charge in [-0.15, -0.1) is 0 Å². The molecule has 0 saturated carbocycles. The molecule has 0 fully saturated rings. The van der Waals surface area contributed by atoms with Crippen LogP contribution in [0.2, 0.25) is 0 Å². The quantitative estimate of drug-likeness (QED) is 0.434. The van der Waals surface area contributed by atoms with Crippen molar-refractivity contribution >= 4 is 5.97 Å². The molecule has 0 radical (unpaired) electrons. The van der Waals surface area contributed by atoms with Gasteiger partial charge in [0, 0.05) is 25.7 Å². The van der Waals surface area contributed by atoms with E-state index in [9.17, 15) is 4.79 Å². The fourth-order valence-electron chi connectivity index (χ4n) is 4.07. The van der Waals surface area contributed by atoms with Gasteiger partial charge in [0.25, 0.3) is 0 Å². The molecule has 34 heavy (non-hydrogen) atoms. The van der Waals surface area contributed by atoms with Gasteiger partial charge in [-0.05, 0) is 47.4 Å². The Balaban J connectivity index is 1.65. The molecule has 1 N–H and O–H groups in total. The molecule has 4 rings (SSSR count). The molecule has 0 amide bonds. The van der Waals surface area contributed by atoms with E-state index in [-0.39, 0.29) is 12.6 Å². The molecular weight excluding hydrogens is 428 g/mol. The average Bonchev–Trinajstić information content (AvgIpc) is 2.88. The van der Waals surface area contributed by atoms with Crippen LogP contribution in [0.5, 0.6) is 5.75 Å². The Morgan fingerprint density at radius 1 is 1.15 bits per heavy atom. The second-order valence-electron chi connectivity index (χ2n) is 8.14. The molecule has 6 heteroatoms. The Bertz CT molecular complexity index is 1170. The van der Waals surface area contributed by atoms with Crippen LogP contribution in [0.3, 0.4) is 0 Å². The van der Waals surface area contributed by atoms with E-state index < -0.39 is 6.04 Å². The van der Waals surface area contributed by atoms with Crippen molar-refractivity contribution in [3.05, 3.63) is 94.8 Å². The number of benzene rings is 2. The molecule has 2 heterocycles. The van der Waals surface area contributed by atoms with Crippen LogP contribution >= 0.6 is 0 Å². The van der Waals surface area contributed by atoms with Gasteiger partial charge in [-0.3, -0.25) is 14.7 Å². The Morgan fingerprint density at radius 2 is 1.97 bits per heavy atom. The number of esters is 1. The zero-order valence-corrected chi connectivity index (χ0v) is 19.2. The van der Waals surface area contributed by atoms with E-state index in [4.69, 9.17) is 14.6 Å². The number of nitrogens with zero attached hydrogens (tertiary/aromatic N) is 2. The molecule has 6 nitrogen and oxygen atoms in total. The van der Waals surface area contributed by atoms with Crippen LogP contribution in [-0.4, -0.2) is 40.7 Å². The summed E-state index contributed by atoms with van der Waals surface area (Å²) in [6.45, 7) is 1.54. The molecule has 0 unspecified atom stereocenters. The van der Waals surface area contributed by atoms with Crippen molar-refractivity contribution in [2.45, 2.75) is 38.6 Å². The monoisotopic (exact) mass is 456 g/mol. The smallest absolute Gasteiger partial charge is 0.323 e. The van der Waals surface area contributed by atoms with E-state index in [1.807, 2.05) is 60.7 Å². The van der Waals surface area contributed by atoms with Crippen LogP contribution in [0.1, 0.15) is 34.4 Å². The summed E-state index contributed by atoms with van der Waals surface area (Å²) in [7, 11) is 1.42. The number of hydrogen-bond acceptors (Lipinski definition) is 6. The van der Waals surface area contributed by atoms with Gasteiger partial charge in [0.15, 0.2) is 0 Å². The fourth-order valence-corrected chi connectivity index (χ4v) is 4.07. The van der Waals surface area contributed by atoms with E-state index in [1.165, 1.54) is 7.11 Å². The summed E-state index contributed by atoms with van der Waals surface area (Å²) < 4.78 is 11.3. The minimum atomic E-state index is -0.409. The van der Waals surface area contributed by atoms with Gasteiger partial charge in [-0.1, -0.05) is 48.2 Å². The lowest BCUT2D eigenvalue weighted by molar-refractivity contribution is -0.148. The lowest BCUT2D eigenvalue weighted by Gasteiger charge is -2.35. The standard InChI is InChI=1S/C28H28N2O4/c1-33-28(32)26-16-23-17-27(34-20-21-9-3-2-4-10-21)22(11-6-8-14-31)15-24(23)18-30(26)19-25-12-5-7-13-29-25/h2-5,7,9-10,12-13,15,17,26,31H,8,14,16,18-20H2,1H3/t26-/m0/s1. The third-order valence-electron chi connectivity index (χ3n) is 5.79. The SMILES string of the molecule is COC(=O)[C@@H]1Cc2cc(OCc3ccccc3)c(C#CCCO)cc2CN1Cc1ccccn1. The lowest BCUT2D eigenvalue weighted by Crippen LogP contribution is -2.45. The maximum Gasteiger partial charge on any atom is 0.323 e. The van der Waals surface area contributed by atoms with Crippen molar-refractivity contribution < 1.29 is 19.4 Å². The average molecular weight is 457 g/mol. The molecule has 0 bridgehead atoms. The molecule has 1 aliphatic rings. The van der Waals surface area contributed by atoms with E-state index in [0.717, 1.165) is 27.9 Å². The van der Waals surface area contributed by atoms with Gasteiger partial charge in [0.2, 0.25) is 0 Å². The highest BCUT2D eigenvalue weighted by atomic mass is 16.5. The number of methoxy groups -OCH3 is 1. The zero-order valence-electron chi connectivity index (χ0n) is 19.2. The molecular formula is C28H28N2O4. The second kappa shape index (κ2) is 11.5. The number of aliphatic hydroxyl groups excluding tert-OH is 1. The van der Waals surface area contributed by atoms with Gasteiger partial charge < -0.3 is 14.6 Å². The number of carbonyl (C=O) groups is 1. The number of rotatable bonds is 7. The maximum atomic E-state index is 12.7. The summed E-state index contributed by atoms with van der Waals surface area (Å²) in [5, 5.41) is 9.15. The molecule has 3 aromatic rings. The molecule has 1 aliphatic heterocycles. The molecule has 0 saturated heterocycles. The Kier molecular flexibility index (Phi) is 7.92. The van der Waals surface area contributed by atoms with Crippen LogP contribution in [0.25, 0.3) is 0 Å². The highest BCUT2D eigenvalue weighted by Gasteiger charge is 2.33. The van der Waals surface area contributed by atoms with Crippen LogP contribution in [0.15, 0.2) is 66.9 Å². The van der Waals surface area contributed by atoms with Crippen molar-refractivity contribution in [3.8, 4) is 17.6 Å². The third kappa shape index (κ3) is 5.82. The molecule has 0 aliphatic carbocycles. The second-order valence-corrected chi connectivity index (χ2v) is 8.14. The van der Waals surface area contributed by atoms with Crippen LogP contribution in [0, 0.1) is 11.8 Å². The molecule has 0 spiro atoms. The summed E-state index contributed by atoms with van der Waals surface area (Å²) in [6.07, 6.45) is 2.66. The normalized spacial score (nSPS) is 15.1. The molecule has 1 aromatic heterocycles.